The van der Waals surface area contributed by atoms with E-state index in [4.69, 9.17) is 0 Å². The summed E-state index contributed by atoms with van der Waals surface area (Å²) in [6, 6.07) is 6.52. The van der Waals surface area contributed by atoms with Crippen molar-refractivity contribution in [2.75, 3.05) is 6.54 Å². The molecule has 0 heterocycles. The number of carboxylic acid groups (broad SMARTS) is 1. The molecule has 0 aliphatic carbocycles. The standard InChI is InChI=1S/C13H16N2O3/c1-9(16)7-15-8-11-4-2-10(3-5-11)6-12(14)13(17)18/h2-5,8,12H,6-7,14H2,1H3,(H,17,18)/t12-/m0/s1. The molecule has 0 unspecified atom stereocenters. The second-order valence-corrected chi connectivity index (χ2v) is 4.13. The third kappa shape index (κ3) is 4.88. The minimum atomic E-state index is -1.15. The first-order valence-electron chi connectivity index (χ1n) is 5.61. The molecule has 0 bridgehead atoms. The molecule has 96 valence electrons. The number of benzene rings is 1. The highest BCUT2D eigenvalue weighted by molar-refractivity contribution is 5.84. The van der Waals surface area contributed by atoms with Crippen LogP contribution in [0.1, 0.15) is 18.1 Å². The van der Waals surface area contributed by atoms with Gasteiger partial charge in [-0.25, -0.2) is 0 Å². The minimum absolute atomic E-state index is 0.0109. The predicted octanol–water partition coefficient (Wildman–Crippen LogP) is -1.40. The van der Waals surface area contributed by atoms with Gasteiger partial charge < -0.3 is 15.6 Å². The second-order valence-electron chi connectivity index (χ2n) is 4.13. The molecule has 1 atom stereocenters. The highest BCUT2D eigenvalue weighted by atomic mass is 16.4. The largest absolute Gasteiger partial charge is 0.544 e. The first-order valence-corrected chi connectivity index (χ1v) is 5.61. The maximum Gasteiger partial charge on any atom is 0.151 e. The molecule has 0 spiro atoms. The fourth-order valence-corrected chi connectivity index (χ4v) is 1.39. The zero-order valence-corrected chi connectivity index (χ0v) is 10.3. The first kappa shape index (κ1) is 14.1. The van der Waals surface area contributed by atoms with E-state index in [9.17, 15) is 14.7 Å². The smallest absolute Gasteiger partial charge is 0.151 e. The Hall–Kier alpha value is -2.01. The summed E-state index contributed by atoms with van der Waals surface area (Å²) < 4.78 is 0. The van der Waals surface area contributed by atoms with Crippen LogP contribution in [-0.2, 0) is 16.0 Å². The van der Waals surface area contributed by atoms with E-state index in [-0.39, 0.29) is 12.3 Å². The molecule has 0 radical (unpaired) electrons. The number of nitrogens with zero attached hydrogens (tertiary/aromatic N) is 1. The van der Waals surface area contributed by atoms with Crippen LogP contribution in [0.5, 0.6) is 0 Å². The van der Waals surface area contributed by atoms with Gasteiger partial charge in [0.25, 0.3) is 0 Å². The van der Waals surface area contributed by atoms with Gasteiger partial charge >= 0.3 is 0 Å². The van der Waals surface area contributed by atoms with Gasteiger partial charge in [0.05, 0.1) is 12.5 Å². The average molecular weight is 248 g/mol. The van der Waals surface area contributed by atoms with Crippen molar-refractivity contribution in [3.63, 3.8) is 0 Å². The Bertz CT molecular complexity index is 452. The topological polar surface area (TPSA) is 97.2 Å². The number of ketones is 1. The molecule has 0 aliphatic rings. The van der Waals surface area contributed by atoms with Gasteiger partial charge in [-0.2, -0.15) is 0 Å². The van der Waals surface area contributed by atoms with Gasteiger partial charge in [-0.3, -0.25) is 9.79 Å². The van der Waals surface area contributed by atoms with Crippen LogP contribution in [0, 0.1) is 0 Å². The van der Waals surface area contributed by atoms with Gasteiger partial charge in [0.15, 0.2) is 5.78 Å². The van der Waals surface area contributed by atoms with Crippen LogP contribution >= 0.6 is 0 Å². The van der Waals surface area contributed by atoms with E-state index in [1.54, 1.807) is 6.21 Å². The minimum Gasteiger partial charge on any atom is -0.544 e. The molecule has 0 aliphatic heterocycles. The number of carbonyl (C=O) groups is 2. The Labute approximate surface area is 105 Å². The third-order valence-corrected chi connectivity index (χ3v) is 2.35. The van der Waals surface area contributed by atoms with E-state index < -0.39 is 12.0 Å². The van der Waals surface area contributed by atoms with Gasteiger partial charge in [-0.05, 0) is 18.1 Å². The molecular formula is C13H16N2O3. The van der Waals surface area contributed by atoms with Crippen molar-refractivity contribution in [1.82, 2.24) is 0 Å². The Morgan fingerprint density at radius 2 is 2.00 bits per heavy atom. The van der Waals surface area contributed by atoms with E-state index in [0.29, 0.717) is 6.42 Å². The van der Waals surface area contributed by atoms with E-state index in [2.05, 4.69) is 10.7 Å². The summed E-state index contributed by atoms with van der Waals surface area (Å²) in [7, 11) is 0. The summed E-state index contributed by atoms with van der Waals surface area (Å²) in [6.07, 6.45) is 1.96. The van der Waals surface area contributed by atoms with E-state index in [1.807, 2.05) is 24.3 Å². The SMILES string of the molecule is CC(=O)CN=Cc1ccc(C[C@H]([NH3+])C(=O)[O-])cc1. The van der Waals surface area contributed by atoms with Gasteiger partial charge in [-0.1, -0.05) is 24.3 Å². The highest BCUT2D eigenvalue weighted by Gasteiger charge is 2.07. The van der Waals surface area contributed by atoms with Crippen LogP contribution in [0.2, 0.25) is 0 Å². The Morgan fingerprint density at radius 3 is 2.50 bits per heavy atom. The molecule has 1 aromatic rings. The number of Topliss-reactive ketones (excluding diaryl/α,β-unsaturated/α-hetero) is 1. The van der Waals surface area contributed by atoms with Gasteiger partial charge in [0.1, 0.15) is 6.04 Å². The number of aliphatic carboxylic acids is 1. The summed E-state index contributed by atoms with van der Waals surface area (Å²) in [4.78, 5) is 25.2. The molecule has 3 N–H and O–H groups in total. The van der Waals surface area contributed by atoms with Gasteiger partial charge in [0.2, 0.25) is 0 Å². The third-order valence-electron chi connectivity index (χ3n) is 2.35. The fraction of sp³-hybridized carbons (Fsp3) is 0.308. The fourth-order valence-electron chi connectivity index (χ4n) is 1.39. The number of rotatable bonds is 6. The number of carbonyl (C=O) groups excluding carboxylic acids is 2. The van der Waals surface area contributed by atoms with Gasteiger partial charge in [-0.15, -0.1) is 0 Å². The summed E-state index contributed by atoms with van der Waals surface area (Å²) in [6.45, 7) is 1.65. The van der Waals surface area contributed by atoms with Crippen molar-refractivity contribution in [2.24, 2.45) is 4.99 Å². The lowest BCUT2D eigenvalue weighted by molar-refractivity contribution is -0.437. The lowest BCUT2D eigenvalue weighted by Gasteiger charge is -2.09. The maximum absolute atomic E-state index is 10.7. The maximum atomic E-state index is 10.7. The van der Waals surface area contributed by atoms with Crippen LogP contribution in [0.4, 0.5) is 0 Å². The first-order chi connectivity index (χ1) is 8.49. The lowest BCUT2D eigenvalue weighted by atomic mass is 10.1. The molecule has 5 nitrogen and oxygen atoms in total. The van der Waals surface area contributed by atoms with Crippen molar-refractivity contribution in [3.05, 3.63) is 35.4 Å². The van der Waals surface area contributed by atoms with Crippen molar-refractivity contribution in [3.8, 4) is 0 Å². The molecule has 0 saturated heterocycles. The van der Waals surface area contributed by atoms with Crippen LogP contribution in [0.25, 0.3) is 0 Å². The van der Waals surface area contributed by atoms with Crippen molar-refractivity contribution >= 4 is 18.0 Å². The Kier molecular flexibility index (Phi) is 5.20. The Morgan fingerprint density at radius 1 is 1.39 bits per heavy atom. The van der Waals surface area contributed by atoms with Gasteiger partial charge in [0, 0.05) is 12.6 Å². The zero-order valence-electron chi connectivity index (χ0n) is 10.3. The number of hydrogen-bond donors (Lipinski definition) is 1. The average Bonchev–Trinajstić information content (AvgIpc) is 2.30. The molecule has 1 aromatic carbocycles. The van der Waals surface area contributed by atoms with Crippen molar-refractivity contribution < 1.29 is 20.4 Å². The second kappa shape index (κ2) is 6.66. The molecule has 0 fully saturated rings. The molecule has 18 heavy (non-hydrogen) atoms. The number of carboxylic acids is 1. The number of aliphatic imine (C=N–C) groups is 1. The molecule has 0 saturated carbocycles. The zero-order chi connectivity index (χ0) is 13.5. The van der Waals surface area contributed by atoms with Crippen molar-refractivity contribution in [2.45, 2.75) is 19.4 Å². The lowest BCUT2D eigenvalue weighted by Crippen LogP contribution is -2.69. The molecule has 1 rings (SSSR count). The highest BCUT2D eigenvalue weighted by Crippen LogP contribution is 2.04. The normalized spacial score (nSPS) is 12.6. The number of quaternary nitrogens is 1. The van der Waals surface area contributed by atoms with Crippen LogP contribution in [0.3, 0.4) is 0 Å². The quantitative estimate of drug-likeness (QED) is 0.627. The summed E-state index contributed by atoms with van der Waals surface area (Å²) in [5, 5.41) is 10.5. The Balaban J connectivity index is 2.60. The van der Waals surface area contributed by atoms with E-state index >= 15 is 0 Å². The van der Waals surface area contributed by atoms with Crippen LogP contribution in [-0.4, -0.2) is 30.6 Å². The van der Waals surface area contributed by atoms with Crippen LogP contribution < -0.4 is 10.8 Å². The molecular weight excluding hydrogens is 232 g/mol. The van der Waals surface area contributed by atoms with E-state index in [1.165, 1.54) is 6.92 Å². The summed E-state index contributed by atoms with van der Waals surface area (Å²) in [5.74, 6) is -1.14. The summed E-state index contributed by atoms with van der Waals surface area (Å²) in [5.41, 5.74) is 5.25. The molecule has 0 amide bonds. The van der Waals surface area contributed by atoms with E-state index in [0.717, 1.165) is 11.1 Å². The summed E-state index contributed by atoms with van der Waals surface area (Å²) >= 11 is 0. The number of hydrogen-bond acceptors (Lipinski definition) is 4. The van der Waals surface area contributed by atoms with Crippen LogP contribution in [0.15, 0.2) is 29.3 Å². The molecule has 5 heteroatoms. The van der Waals surface area contributed by atoms with Crippen molar-refractivity contribution in [1.29, 1.82) is 0 Å². The predicted molar refractivity (Wildman–Crippen MR) is 65.0 cm³/mol. The monoisotopic (exact) mass is 248 g/mol. The molecule has 0 aromatic heterocycles.